The van der Waals surface area contributed by atoms with Crippen molar-refractivity contribution in [1.82, 2.24) is 10.3 Å². The highest BCUT2D eigenvalue weighted by Crippen LogP contribution is 2.42. The summed E-state index contributed by atoms with van der Waals surface area (Å²) in [6.45, 7) is 5.81. The molecule has 1 saturated carbocycles. The summed E-state index contributed by atoms with van der Waals surface area (Å²) in [5.74, 6) is 0.769. The smallest absolute Gasteiger partial charge is 0.113 e. The van der Waals surface area contributed by atoms with E-state index >= 15 is 0 Å². The molecule has 1 aromatic heterocycles. The molecule has 1 fully saturated rings. The van der Waals surface area contributed by atoms with Crippen LogP contribution in [0.4, 0.5) is 0 Å². The topological polar surface area (TPSA) is 24.9 Å². The zero-order chi connectivity index (χ0) is 14.7. The first-order valence-corrected chi connectivity index (χ1v) is 9.79. The van der Waals surface area contributed by atoms with E-state index in [-0.39, 0.29) is 5.54 Å². The number of thiazole rings is 1. The summed E-state index contributed by atoms with van der Waals surface area (Å²) in [6, 6.07) is 0. The van der Waals surface area contributed by atoms with E-state index in [4.69, 9.17) is 4.98 Å². The van der Waals surface area contributed by atoms with Gasteiger partial charge in [0.15, 0.2) is 0 Å². The van der Waals surface area contributed by atoms with E-state index in [0.717, 1.165) is 12.5 Å². The normalized spacial score (nSPS) is 22.8. The van der Waals surface area contributed by atoms with Crippen LogP contribution in [0, 0.1) is 5.92 Å². The monoisotopic (exact) mass is 306 g/mol. The first kappa shape index (κ1) is 15.5. The highest BCUT2D eigenvalue weighted by atomic mass is 32.1. The van der Waals surface area contributed by atoms with Crippen molar-refractivity contribution >= 4 is 11.3 Å². The number of nitrogens with zero attached hydrogens (tertiary/aromatic N) is 1. The maximum absolute atomic E-state index is 5.11. The van der Waals surface area contributed by atoms with Crippen LogP contribution in [0.15, 0.2) is 0 Å². The van der Waals surface area contributed by atoms with Gasteiger partial charge in [0.25, 0.3) is 0 Å². The molecule has 2 aliphatic rings. The van der Waals surface area contributed by atoms with Gasteiger partial charge in [0.2, 0.25) is 0 Å². The van der Waals surface area contributed by atoms with Crippen molar-refractivity contribution in [3.63, 3.8) is 0 Å². The zero-order valence-corrected chi connectivity index (χ0v) is 14.5. The van der Waals surface area contributed by atoms with Crippen LogP contribution in [0.1, 0.15) is 80.8 Å². The van der Waals surface area contributed by atoms with Crippen LogP contribution >= 0.6 is 11.3 Å². The summed E-state index contributed by atoms with van der Waals surface area (Å²) < 4.78 is 0. The van der Waals surface area contributed by atoms with E-state index in [2.05, 4.69) is 19.2 Å². The molecule has 3 rings (SSSR count). The first-order chi connectivity index (χ1) is 10.2. The van der Waals surface area contributed by atoms with Crippen LogP contribution in [-0.2, 0) is 18.4 Å². The van der Waals surface area contributed by atoms with Gasteiger partial charge in [-0.05, 0) is 64.3 Å². The van der Waals surface area contributed by atoms with Gasteiger partial charge in [-0.25, -0.2) is 4.98 Å². The second-order valence-corrected chi connectivity index (χ2v) is 8.14. The number of rotatable bonds is 5. The Bertz CT molecular complexity index is 438. The summed E-state index contributed by atoms with van der Waals surface area (Å²) in [7, 11) is 0. The summed E-state index contributed by atoms with van der Waals surface area (Å²) >= 11 is 2.01. The van der Waals surface area contributed by atoms with E-state index in [1.807, 2.05) is 11.3 Å². The molecule has 0 saturated heterocycles. The highest BCUT2D eigenvalue weighted by molar-refractivity contribution is 7.11. The predicted octanol–water partition coefficient (Wildman–Crippen LogP) is 4.82. The molecule has 1 N–H and O–H groups in total. The Morgan fingerprint density at radius 3 is 2.62 bits per heavy atom. The number of nitrogens with one attached hydrogen (secondary N) is 1. The van der Waals surface area contributed by atoms with Gasteiger partial charge in [-0.3, -0.25) is 0 Å². The molecule has 2 aliphatic carbocycles. The molecule has 2 nitrogen and oxygen atoms in total. The third-order valence-corrected chi connectivity index (χ3v) is 6.85. The van der Waals surface area contributed by atoms with E-state index in [0.29, 0.717) is 0 Å². The van der Waals surface area contributed by atoms with Crippen LogP contribution in [-0.4, -0.2) is 11.5 Å². The van der Waals surface area contributed by atoms with E-state index < -0.39 is 0 Å². The summed E-state index contributed by atoms with van der Waals surface area (Å²) in [5.41, 5.74) is 1.53. The molecule has 0 radical (unpaired) electrons. The van der Waals surface area contributed by atoms with Crippen molar-refractivity contribution < 1.29 is 0 Å². The zero-order valence-electron chi connectivity index (χ0n) is 13.7. The Labute approximate surface area is 133 Å². The predicted molar refractivity (Wildman–Crippen MR) is 91.0 cm³/mol. The molecule has 1 aromatic rings. The molecular formula is C18H30N2S. The standard InChI is InChI=1S/C18H30N2S/c1-3-13-19-18(2,14-9-5-4-6-10-14)17-20-15-11-7-8-12-16(15)21-17/h14,19H,3-13H2,1-2H3. The lowest BCUT2D eigenvalue weighted by Gasteiger charge is -2.39. The van der Waals surface area contributed by atoms with Gasteiger partial charge in [-0.15, -0.1) is 11.3 Å². The fourth-order valence-corrected chi connectivity index (χ4v) is 5.39. The minimum atomic E-state index is 0.110. The molecular weight excluding hydrogens is 276 g/mol. The molecule has 1 atom stereocenters. The number of aromatic nitrogens is 1. The van der Waals surface area contributed by atoms with Gasteiger partial charge < -0.3 is 5.32 Å². The molecule has 118 valence electrons. The van der Waals surface area contributed by atoms with E-state index in [9.17, 15) is 0 Å². The Morgan fingerprint density at radius 1 is 1.14 bits per heavy atom. The molecule has 0 bridgehead atoms. The SMILES string of the molecule is CCCNC(C)(c1nc2c(s1)CCCC2)C1CCCCC1. The minimum absolute atomic E-state index is 0.110. The molecule has 21 heavy (non-hydrogen) atoms. The average molecular weight is 307 g/mol. The van der Waals surface area contributed by atoms with Gasteiger partial charge in [-0.2, -0.15) is 0 Å². The van der Waals surface area contributed by atoms with E-state index in [1.165, 1.54) is 74.9 Å². The van der Waals surface area contributed by atoms with Gasteiger partial charge in [-0.1, -0.05) is 26.2 Å². The van der Waals surface area contributed by atoms with Gasteiger partial charge >= 0.3 is 0 Å². The summed E-state index contributed by atoms with van der Waals surface area (Å²) in [4.78, 5) is 6.69. The van der Waals surface area contributed by atoms with Crippen molar-refractivity contribution in [2.75, 3.05) is 6.54 Å². The quantitative estimate of drug-likeness (QED) is 0.844. The summed E-state index contributed by atoms with van der Waals surface area (Å²) in [6.07, 6.45) is 13.3. The molecule has 3 heteroatoms. The minimum Gasteiger partial charge on any atom is -0.305 e. The molecule has 0 spiro atoms. The molecule has 0 aromatic carbocycles. The number of hydrogen-bond acceptors (Lipinski definition) is 3. The van der Waals surface area contributed by atoms with Crippen molar-refractivity contribution in [1.29, 1.82) is 0 Å². The van der Waals surface area contributed by atoms with Gasteiger partial charge in [0.05, 0.1) is 11.2 Å². The Hall–Kier alpha value is -0.410. The molecule has 1 unspecified atom stereocenters. The Kier molecular flexibility index (Phi) is 5.00. The van der Waals surface area contributed by atoms with Crippen molar-refractivity contribution in [2.24, 2.45) is 5.92 Å². The van der Waals surface area contributed by atoms with Crippen molar-refractivity contribution in [3.8, 4) is 0 Å². The summed E-state index contributed by atoms with van der Waals surface area (Å²) in [5, 5.41) is 5.27. The Morgan fingerprint density at radius 2 is 1.90 bits per heavy atom. The molecule has 1 heterocycles. The highest BCUT2D eigenvalue weighted by Gasteiger charge is 2.39. The van der Waals surface area contributed by atoms with Crippen LogP contribution in [0.2, 0.25) is 0 Å². The maximum atomic E-state index is 5.11. The maximum Gasteiger partial charge on any atom is 0.113 e. The molecule has 0 amide bonds. The lowest BCUT2D eigenvalue weighted by atomic mass is 9.75. The lowest BCUT2D eigenvalue weighted by Crippen LogP contribution is -2.47. The van der Waals surface area contributed by atoms with Crippen LogP contribution in [0.3, 0.4) is 0 Å². The average Bonchev–Trinajstić information content (AvgIpc) is 2.98. The van der Waals surface area contributed by atoms with Crippen molar-refractivity contribution in [3.05, 3.63) is 15.6 Å². The van der Waals surface area contributed by atoms with Gasteiger partial charge in [0.1, 0.15) is 5.01 Å². The van der Waals surface area contributed by atoms with Crippen LogP contribution in [0.5, 0.6) is 0 Å². The largest absolute Gasteiger partial charge is 0.305 e. The molecule has 0 aliphatic heterocycles. The second kappa shape index (κ2) is 6.78. The number of fused-ring (bicyclic) bond motifs is 1. The fraction of sp³-hybridized carbons (Fsp3) is 0.833. The van der Waals surface area contributed by atoms with Crippen LogP contribution < -0.4 is 5.32 Å². The van der Waals surface area contributed by atoms with Gasteiger partial charge in [0, 0.05) is 4.88 Å². The third kappa shape index (κ3) is 3.19. The second-order valence-electron chi connectivity index (χ2n) is 7.06. The first-order valence-electron chi connectivity index (χ1n) is 8.98. The third-order valence-electron chi connectivity index (χ3n) is 5.45. The van der Waals surface area contributed by atoms with Crippen LogP contribution in [0.25, 0.3) is 0 Å². The van der Waals surface area contributed by atoms with E-state index in [1.54, 1.807) is 4.88 Å². The fourth-order valence-electron chi connectivity index (χ4n) is 4.03. The van der Waals surface area contributed by atoms with Crippen molar-refractivity contribution in [2.45, 2.75) is 83.6 Å². The Balaban J connectivity index is 1.88. The lowest BCUT2D eigenvalue weighted by molar-refractivity contribution is 0.177. The number of hydrogen-bond donors (Lipinski definition) is 1. The number of aryl methyl sites for hydroxylation is 2.